The van der Waals surface area contributed by atoms with Crippen molar-refractivity contribution < 1.29 is 23.1 Å². The third kappa shape index (κ3) is 3.77. The summed E-state index contributed by atoms with van der Waals surface area (Å²) in [6.07, 6.45) is -2.82. The van der Waals surface area contributed by atoms with Crippen LogP contribution in [0.3, 0.4) is 0 Å². The van der Waals surface area contributed by atoms with E-state index in [1.54, 1.807) is 6.07 Å². The molecule has 3 atom stereocenters. The Bertz CT molecular complexity index is 522. The number of anilines is 1. The average Bonchev–Trinajstić information content (AvgIpc) is 2.37. The van der Waals surface area contributed by atoms with Crippen LogP contribution in [0.5, 0.6) is 0 Å². The Morgan fingerprint density at radius 1 is 1.38 bits per heavy atom. The summed E-state index contributed by atoms with van der Waals surface area (Å²) in [5.74, 6) is -1.98. The van der Waals surface area contributed by atoms with Crippen molar-refractivity contribution in [3.8, 4) is 0 Å². The highest BCUT2D eigenvalue weighted by Crippen LogP contribution is 2.44. The lowest BCUT2D eigenvalue weighted by Crippen LogP contribution is -2.43. The van der Waals surface area contributed by atoms with Gasteiger partial charge >= 0.3 is 12.3 Å². The van der Waals surface area contributed by atoms with Crippen LogP contribution in [0.2, 0.25) is 0 Å². The predicted molar refractivity (Wildman–Crippen MR) is 69.7 cm³/mol. The molecule has 21 heavy (non-hydrogen) atoms. The minimum atomic E-state index is -4.35. The van der Waals surface area contributed by atoms with Crippen LogP contribution in [0, 0.1) is 5.92 Å². The number of rotatable bonds is 2. The van der Waals surface area contributed by atoms with Gasteiger partial charge in [0.05, 0.1) is 17.8 Å². The highest BCUT2D eigenvalue weighted by molar-refractivity contribution is 5.64. The molecule has 1 aliphatic rings. The van der Waals surface area contributed by atoms with Crippen molar-refractivity contribution in [1.29, 1.82) is 0 Å². The first-order chi connectivity index (χ1) is 9.77. The fourth-order valence-corrected chi connectivity index (χ4v) is 2.92. The Hall–Kier alpha value is -1.99. The molecule has 1 heterocycles. The van der Waals surface area contributed by atoms with Crippen molar-refractivity contribution in [2.75, 3.05) is 5.73 Å². The van der Waals surface area contributed by atoms with Crippen LogP contribution < -0.4 is 11.1 Å². The van der Waals surface area contributed by atoms with Gasteiger partial charge in [-0.25, -0.2) is 4.79 Å². The Morgan fingerprint density at radius 2 is 2.10 bits per heavy atom. The Labute approximate surface area is 119 Å². The molecular weight excluding hydrogens is 287 g/mol. The van der Waals surface area contributed by atoms with Gasteiger partial charge in [-0.15, -0.1) is 0 Å². The Balaban J connectivity index is 2.24. The Kier molecular flexibility index (Phi) is 4.24. The van der Waals surface area contributed by atoms with E-state index in [1.165, 1.54) is 12.4 Å². The highest BCUT2D eigenvalue weighted by Gasteiger charge is 2.45. The van der Waals surface area contributed by atoms with E-state index in [0.29, 0.717) is 17.7 Å². The van der Waals surface area contributed by atoms with E-state index < -0.39 is 30.1 Å². The van der Waals surface area contributed by atoms with Gasteiger partial charge < -0.3 is 16.2 Å². The number of alkyl halides is 3. The van der Waals surface area contributed by atoms with Gasteiger partial charge in [0.15, 0.2) is 0 Å². The van der Waals surface area contributed by atoms with Gasteiger partial charge in [0.2, 0.25) is 0 Å². The summed E-state index contributed by atoms with van der Waals surface area (Å²) in [7, 11) is 0. The minimum absolute atomic E-state index is 0.0878. The first-order valence-electron chi connectivity index (χ1n) is 6.53. The third-order valence-electron chi connectivity index (χ3n) is 3.82. The lowest BCUT2D eigenvalue weighted by Gasteiger charge is -2.36. The van der Waals surface area contributed by atoms with E-state index in [0.717, 1.165) is 0 Å². The average molecular weight is 303 g/mol. The summed E-state index contributed by atoms with van der Waals surface area (Å²) >= 11 is 0. The molecule has 0 radical (unpaired) electrons. The second-order valence-electron chi connectivity index (χ2n) is 5.29. The second kappa shape index (κ2) is 5.79. The number of amides is 1. The topological polar surface area (TPSA) is 88.2 Å². The van der Waals surface area contributed by atoms with Crippen LogP contribution in [-0.4, -0.2) is 28.4 Å². The number of hydrogen-bond acceptors (Lipinski definition) is 3. The summed E-state index contributed by atoms with van der Waals surface area (Å²) in [5, 5.41) is 10.9. The van der Waals surface area contributed by atoms with E-state index in [1.807, 2.05) is 0 Å². The summed E-state index contributed by atoms with van der Waals surface area (Å²) in [5.41, 5.74) is 6.70. The molecule has 1 amide bonds. The molecule has 8 heteroatoms. The predicted octanol–water partition coefficient (Wildman–Crippen LogP) is 2.75. The molecule has 0 unspecified atom stereocenters. The van der Waals surface area contributed by atoms with E-state index >= 15 is 0 Å². The van der Waals surface area contributed by atoms with Crippen molar-refractivity contribution >= 4 is 11.8 Å². The monoisotopic (exact) mass is 303 g/mol. The maximum atomic E-state index is 13.0. The van der Waals surface area contributed by atoms with Crippen molar-refractivity contribution in [3.63, 3.8) is 0 Å². The maximum absolute atomic E-state index is 13.0. The molecule has 1 fully saturated rings. The normalized spacial score (nSPS) is 26.3. The summed E-state index contributed by atoms with van der Waals surface area (Å²) in [6.45, 7) is 0. The summed E-state index contributed by atoms with van der Waals surface area (Å²) in [4.78, 5) is 14.5. The largest absolute Gasteiger partial charge is 0.465 e. The molecule has 0 aliphatic heterocycles. The second-order valence-corrected chi connectivity index (χ2v) is 5.29. The molecule has 116 valence electrons. The van der Waals surface area contributed by atoms with Crippen molar-refractivity contribution in [3.05, 3.63) is 24.0 Å². The van der Waals surface area contributed by atoms with Gasteiger partial charge in [-0.1, -0.05) is 0 Å². The Morgan fingerprint density at radius 3 is 2.67 bits per heavy atom. The molecule has 0 aromatic carbocycles. The number of halogens is 3. The maximum Gasteiger partial charge on any atom is 0.404 e. The number of nitrogens with two attached hydrogens (primary N) is 1. The number of carboxylic acid groups (broad SMARTS) is 1. The fourth-order valence-electron chi connectivity index (χ4n) is 2.92. The minimum Gasteiger partial charge on any atom is -0.465 e. The zero-order valence-electron chi connectivity index (χ0n) is 11.1. The fraction of sp³-hybridized carbons (Fsp3) is 0.538. The van der Waals surface area contributed by atoms with Crippen LogP contribution in [0.1, 0.15) is 30.7 Å². The molecule has 1 aliphatic carbocycles. The van der Waals surface area contributed by atoms with E-state index in [4.69, 9.17) is 10.8 Å². The molecule has 2 rings (SSSR count). The molecule has 4 N–H and O–H groups in total. The molecule has 1 aromatic heterocycles. The van der Waals surface area contributed by atoms with Crippen LogP contribution in [0.15, 0.2) is 18.5 Å². The van der Waals surface area contributed by atoms with E-state index in [2.05, 4.69) is 10.3 Å². The lowest BCUT2D eigenvalue weighted by atomic mass is 9.75. The first-order valence-corrected chi connectivity index (χ1v) is 6.53. The SMILES string of the molecule is Nc1cnccc1[C@H]1C[C@@H](NC(=O)O)C[C@@H](C(F)(F)F)C1. The van der Waals surface area contributed by atoms with Crippen LogP contribution >= 0.6 is 0 Å². The molecule has 0 saturated heterocycles. The van der Waals surface area contributed by atoms with Gasteiger partial charge in [0.1, 0.15) is 0 Å². The van der Waals surface area contributed by atoms with Crippen LogP contribution in [-0.2, 0) is 0 Å². The number of nitrogens with zero attached hydrogens (tertiary/aromatic N) is 1. The van der Waals surface area contributed by atoms with Crippen molar-refractivity contribution in [2.24, 2.45) is 5.92 Å². The van der Waals surface area contributed by atoms with Crippen molar-refractivity contribution in [1.82, 2.24) is 10.3 Å². The molecule has 0 spiro atoms. The van der Waals surface area contributed by atoms with Crippen LogP contribution in [0.4, 0.5) is 23.7 Å². The smallest absolute Gasteiger partial charge is 0.404 e. The lowest BCUT2D eigenvalue weighted by molar-refractivity contribution is -0.185. The molecule has 5 nitrogen and oxygen atoms in total. The zero-order valence-corrected chi connectivity index (χ0v) is 11.1. The van der Waals surface area contributed by atoms with Gasteiger partial charge in [0, 0.05) is 12.2 Å². The third-order valence-corrected chi connectivity index (χ3v) is 3.82. The van der Waals surface area contributed by atoms with Gasteiger partial charge in [-0.2, -0.15) is 13.2 Å². The van der Waals surface area contributed by atoms with E-state index in [9.17, 15) is 18.0 Å². The van der Waals surface area contributed by atoms with Crippen molar-refractivity contribution in [2.45, 2.75) is 37.4 Å². The number of hydrogen-bond donors (Lipinski definition) is 3. The van der Waals surface area contributed by atoms with Gasteiger partial charge in [0.25, 0.3) is 0 Å². The van der Waals surface area contributed by atoms with Gasteiger partial charge in [-0.3, -0.25) is 4.98 Å². The van der Waals surface area contributed by atoms with Crippen LogP contribution in [0.25, 0.3) is 0 Å². The zero-order chi connectivity index (χ0) is 15.6. The molecular formula is C13H16F3N3O2. The standard InChI is InChI=1S/C13H16F3N3O2/c14-13(15,16)8-3-7(4-9(5-8)19-12(20)21)10-1-2-18-6-11(10)17/h1-2,6-9,19H,3-5,17H2,(H,20,21)/t7-,8+,9-/m1/s1. The molecule has 0 bridgehead atoms. The molecule has 1 saturated carbocycles. The highest BCUT2D eigenvalue weighted by atomic mass is 19.4. The number of pyridine rings is 1. The summed E-state index contributed by atoms with van der Waals surface area (Å²) < 4.78 is 39.1. The summed E-state index contributed by atoms with van der Waals surface area (Å²) in [6, 6.07) is 0.858. The number of carbonyl (C=O) groups is 1. The number of nitrogen functional groups attached to an aromatic ring is 1. The number of aromatic nitrogens is 1. The van der Waals surface area contributed by atoms with Gasteiger partial charge in [-0.05, 0) is 36.8 Å². The van der Waals surface area contributed by atoms with E-state index in [-0.39, 0.29) is 12.8 Å². The molecule has 1 aromatic rings. The first kappa shape index (κ1) is 15.4. The quantitative estimate of drug-likeness (QED) is 0.784. The number of nitrogens with one attached hydrogen (secondary N) is 1.